The van der Waals surface area contributed by atoms with Crippen LogP contribution in [0.4, 0.5) is 0 Å². The molecule has 0 saturated carbocycles. The maximum Gasteiger partial charge on any atom is 0.325 e. The quantitative estimate of drug-likeness (QED) is 0.392. The molecule has 0 radical (unpaired) electrons. The number of hydrogen-bond acceptors (Lipinski definition) is 2. The molecule has 4 heteroatoms. The highest BCUT2D eigenvalue weighted by Crippen LogP contribution is 2.31. The van der Waals surface area contributed by atoms with Gasteiger partial charge in [-0.05, 0) is 12.0 Å². The van der Waals surface area contributed by atoms with Gasteiger partial charge in [-0.1, -0.05) is 95.0 Å². The van der Waals surface area contributed by atoms with Gasteiger partial charge in [0, 0.05) is 0 Å². The second-order valence-corrected chi connectivity index (χ2v) is 6.46. The van der Waals surface area contributed by atoms with Crippen molar-refractivity contribution in [2.75, 3.05) is 0 Å². The van der Waals surface area contributed by atoms with Gasteiger partial charge in [0.15, 0.2) is 5.41 Å². The SMILES string of the molecule is CCCCCCCCCCCC(C(=O)O)(C(=O)O)c1ccccc1. The minimum atomic E-state index is -1.83. The Hall–Kier alpha value is -1.84. The highest BCUT2D eigenvalue weighted by Gasteiger charge is 2.47. The van der Waals surface area contributed by atoms with Crippen LogP contribution >= 0.6 is 0 Å². The third-order valence-corrected chi connectivity index (χ3v) is 4.65. The number of hydrogen-bond donors (Lipinski definition) is 2. The Morgan fingerprint density at radius 1 is 0.792 bits per heavy atom. The third kappa shape index (κ3) is 5.66. The first-order chi connectivity index (χ1) is 11.6. The molecule has 0 saturated heterocycles. The standard InChI is InChI=1S/C20H30O4/c1-2-3-4-5-6-7-8-9-13-16-20(18(21)22,19(23)24)17-14-11-10-12-15-17/h10-12,14-15H,2-9,13,16H2,1H3,(H,21,22)(H,23,24). The molecule has 1 aromatic carbocycles. The van der Waals surface area contributed by atoms with Crippen molar-refractivity contribution in [2.45, 2.75) is 76.5 Å². The van der Waals surface area contributed by atoms with E-state index in [1.165, 1.54) is 32.1 Å². The van der Waals surface area contributed by atoms with Crippen LogP contribution in [0.2, 0.25) is 0 Å². The fourth-order valence-electron chi connectivity index (χ4n) is 3.12. The van der Waals surface area contributed by atoms with E-state index in [-0.39, 0.29) is 6.42 Å². The van der Waals surface area contributed by atoms with Gasteiger partial charge >= 0.3 is 11.9 Å². The Bertz CT molecular complexity index is 482. The summed E-state index contributed by atoms with van der Waals surface area (Å²) in [4.78, 5) is 23.5. The second kappa shape index (κ2) is 10.8. The molecule has 2 N–H and O–H groups in total. The predicted octanol–water partition coefficient (Wildman–Crippen LogP) is 5.01. The van der Waals surface area contributed by atoms with Gasteiger partial charge in [0.1, 0.15) is 0 Å². The maximum absolute atomic E-state index is 11.7. The summed E-state index contributed by atoms with van der Waals surface area (Å²) >= 11 is 0. The van der Waals surface area contributed by atoms with Crippen LogP contribution in [0.3, 0.4) is 0 Å². The Kier molecular flexibility index (Phi) is 9.13. The number of unbranched alkanes of at least 4 members (excludes halogenated alkanes) is 8. The summed E-state index contributed by atoms with van der Waals surface area (Å²) < 4.78 is 0. The molecule has 0 fully saturated rings. The zero-order valence-electron chi connectivity index (χ0n) is 14.7. The van der Waals surface area contributed by atoms with Crippen LogP contribution in [-0.4, -0.2) is 22.2 Å². The van der Waals surface area contributed by atoms with Gasteiger partial charge in [-0.3, -0.25) is 9.59 Å². The van der Waals surface area contributed by atoms with Gasteiger partial charge in [-0.25, -0.2) is 0 Å². The Morgan fingerprint density at radius 2 is 1.25 bits per heavy atom. The molecule has 0 aliphatic rings. The number of carboxylic acids is 2. The maximum atomic E-state index is 11.7. The van der Waals surface area contributed by atoms with Crippen LogP contribution in [0, 0.1) is 0 Å². The van der Waals surface area contributed by atoms with E-state index in [2.05, 4.69) is 6.92 Å². The molecule has 0 bridgehead atoms. The van der Waals surface area contributed by atoms with Crippen LogP contribution in [-0.2, 0) is 15.0 Å². The molecule has 0 aromatic heterocycles. The van der Waals surface area contributed by atoms with E-state index in [9.17, 15) is 19.8 Å². The van der Waals surface area contributed by atoms with Gasteiger partial charge < -0.3 is 10.2 Å². The van der Waals surface area contributed by atoms with Gasteiger partial charge in [0.25, 0.3) is 0 Å². The van der Waals surface area contributed by atoms with Crippen LogP contribution in [0.15, 0.2) is 30.3 Å². The largest absolute Gasteiger partial charge is 0.480 e. The average molecular weight is 334 g/mol. The van der Waals surface area contributed by atoms with Crippen molar-refractivity contribution >= 4 is 11.9 Å². The Morgan fingerprint density at radius 3 is 1.71 bits per heavy atom. The number of aliphatic carboxylic acids is 2. The molecule has 134 valence electrons. The Balaban J connectivity index is 2.50. The van der Waals surface area contributed by atoms with Gasteiger partial charge in [0.2, 0.25) is 0 Å². The molecular formula is C20H30O4. The van der Waals surface area contributed by atoms with Crippen LogP contribution < -0.4 is 0 Å². The molecule has 0 amide bonds. The lowest BCUT2D eigenvalue weighted by atomic mass is 9.76. The van der Waals surface area contributed by atoms with Crippen LogP contribution in [0.5, 0.6) is 0 Å². The lowest BCUT2D eigenvalue weighted by molar-refractivity contribution is -0.158. The van der Waals surface area contributed by atoms with Gasteiger partial charge in [-0.15, -0.1) is 0 Å². The van der Waals surface area contributed by atoms with Crippen molar-refractivity contribution in [3.8, 4) is 0 Å². The first-order valence-corrected chi connectivity index (χ1v) is 9.08. The van der Waals surface area contributed by atoms with E-state index >= 15 is 0 Å². The van der Waals surface area contributed by atoms with Gasteiger partial charge in [-0.2, -0.15) is 0 Å². The molecule has 0 aliphatic carbocycles. The fraction of sp³-hybridized carbons (Fsp3) is 0.600. The van der Waals surface area contributed by atoms with E-state index in [0.29, 0.717) is 12.0 Å². The number of carbonyl (C=O) groups is 2. The van der Waals surface area contributed by atoms with E-state index < -0.39 is 17.4 Å². The van der Waals surface area contributed by atoms with Crippen LogP contribution in [0.1, 0.15) is 76.7 Å². The first kappa shape index (κ1) is 20.2. The lowest BCUT2D eigenvalue weighted by Crippen LogP contribution is -2.43. The molecular weight excluding hydrogens is 304 g/mol. The van der Waals surface area contributed by atoms with E-state index in [1.807, 2.05) is 0 Å². The van der Waals surface area contributed by atoms with Crippen molar-refractivity contribution < 1.29 is 19.8 Å². The summed E-state index contributed by atoms with van der Waals surface area (Å²) in [5, 5.41) is 19.2. The molecule has 1 rings (SSSR count). The molecule has 0 spiro atoms. The number of carboxylic acid groups (broad SMARTS) is 2. The highest BCUT2D eigenvalue weighted by molar-refractivity contribution is 6.04. The minimum Gasteiger partial charge on any atom is -0.480 e. The van der Waals surface area contributed by atoms with E-state index in [1.54, 1.807) is 30.3 Å². The fourth-order valence-corrected chi connectivity index (χ4v) is 3.12. The third-order valence-electron chi connectivity index (χ3n) is 4.65. The number of rotatable bonds is 13. The zero-order valence-corrected chi connectivity index (χ0v) is 14.7. The monoisotopic (exact) mass is 334 g/mol. The molecule has 0 atom stereocenters. The summed E-state index contributed by atoms with van der Waals surface area (Å²) in [5.41, 5.74) is -1.48. The summed E-state index contributed by atoms with van der Waals surface area (Å²) in [6, 6.07) is 8.32. The van der Waals surface area contributed by atoms with Crippen molar-refractivity contribution in [3.63, 3.8) is 0 Å². The Labute approximate surface area is 144 Å². The summed E-state index contributed by atoms with van der Waals surface area (Å²) in [6.07, 6.45) is 10.1. The second-order valence-electron chi connectivity index (χ2n) is 6.46. The van der Waals surface area contributed by atoms with Crippen molar-refractivity contribution in [2.24, 2.45) is 0 Å². The normalized spacial score (nSPS) is 11.4. The molecule has 0 unspecified atom stereocenters. The predicted molar refractivity (Wildman–Crippen MR) is 95.2 cm³/mol. The molecule has 1 aromatic rings. The summed E-state index contributed by atoms with van der Waals surface area (Å²) in [6.45, 7) is 2.20. The van der Waals surface area contributed by atoms with Gasteiger partial charge in [0.05, 0.1) is 0 Å². The van der Waals surface area contributed by atoms with Crippen molar-refractivity contribution in [1.82, 2.24) is 0 Å². The summed E-state index contributed by atoms with van der Waals surface area (Å²) in [7, 11) is 0. The first-order valence-electron chi connectivity index (χ1n) is 9.08. The highest BCUT2D eigenvalue weighted by atomic mass is 16.4. The zero-order chi connectivity index (χ0) is 17.8. The molecule has 24 heavy (non-hydrogen) atoms. The van der Waals surface area contributed by atoms with E-state index in [0.717, 1.165) is 19.3 Å². The smallest absolute Gasteiger partial charge is 0.325 e. The van der Waals surface area contributed by atoms with E-state index in [4.69, 9.17) is 0 Å². The molecule has 0 heterocycles. The minimum absolute atomic E-state index is 0.136. The molecule has 4 nitrogen and oxygen atoms in total. The lowest BCUT2D eigenvalue weighted by Gasteiger charge is -2.25. The molecule has 0 aliphatic heterocycles. The van der Waals surface area contributed by atoms with Crippen LogP contribution in [0.25, 0.3) is 0 Å². The number of benzene rings is 1. The summed E-state index contributed by atoms with van der Waals surface area (Å²) in [5.74, 6) is -2.55. The average Bonchev–Trinajstić information content (AvgIpc) is 2.57. The van der Waals surface area contributed by atoms with Crippen molar-refractivity contribution in [1.29, 1.82) is 0 Å². The topological polar surface area (TPSA) is 74.6 Å². The van der Waals surface area contributed by atoms with Crippen molar-refractivity contribution in [3.05, 3.63) is 35.9 Å².